The predicted octanol–water partition coefficient (Wildman–Crippen LogP) is 1.28. The van der Waals surface area contributed by atoms with Crippen molar-refractivity contribution in [3.63, 3.8) is 0 Å². The van der Waals surface area contributed by atoms with Gasteiger partial charge in [-0.25, -0.2) is 0 Å². The summed E-state index contributed by atoms with van der Waals surface area (Å²) in [7, 11) is 1.94. The van der Waals surface area contributed by atoms with Crippen LogP contribution in [0, 0.1) is 6.92 Å². The molecule has 1 heterocycles. The van der Waals surface area contributed by atoms with Crippen molar-refractivity contribution in [3.8, 4) is 0 Å². The Labute approximate surface area is 88.7 Å². The summed E-state index contributed by atoms with van der Waals surface area (Å²) >= 11 is 0. The number of aromatic nitrogens is 1. The molecule has 1 aromatic rings. The second-order valence-electron chi connectivity index (χ2n) is 3.66. The topological polar surface area (TPSA) is 66.6 Å². The zero-order valence-electron chi connectivity index (χ0n) is 9.06. The first-order chi connectivity index (χ1) is 7.08. The number of carbonyl (C=O) groups is 1. The quantitative estimate of drug-likeness (QED) is 0.769. The molecule has 0 radical (unpaired) electrons. The average molecular weight is 212 g/mol. The van der Waals surface area contributed by atoms with Gasteiger partial charge in [-0.2, -0.15) is 0 Å². The molecule has 0 atom stereocenters. The fourth-order valence-corrected chi connectivity index (χ4v) is 1.35. The highest BCUT2D eigenvalue weighted by molar-refractivity contribution is 5.66. The van der Waals surface area contributed by atoms with Crippen LogP contribution in [0.1, 0.15) is 24.3 Å². The van der Waals surface area contributed by atoms with Gasteiger partial charge in [0.2, 0.25) is 0 Å². The molecule has 5 heteroatoms. The van der Waals surface area contributed by atoms with Crippen LogP contribution in [0.5, 0.6) is 0 Å². The minimum Gasteiger partial charge on any atom is -0.481 e. The van der Waals surface area contributed by atoms with Gasteiger partial charge in [0.15, 0.2) is 0 Å². The van der Waals surface area contributed by atoms with Crippen molar-refractivity contribution < 1.29 is 14.4 Å². The van der Waals surface area contributed by atoms with Gasteiger partial charge in [-0.15, -0.1) is 0 Å². The zero-order valence-corrected chi connectivity index (χ0v) is 9.06. The Bertz CT molecular complexity index is 322. The lowest BCUT2D eigenvalue weighted by Crippen LogP contribution is -2.19. The van der Waals surface area contributed by atoms with E-state index in [0.29, 0.717) is 13.0 Å². The van der Waals surface area contributed by atoms with Crippen molar-refractivity contribution in [1.29, 1.82) is 0 Å². The second kappa shape index (κ2) is 5.50. The van der Waals surface area contributed by atoms with Crippen LogP contribution >= 0.6 is 0 Å². The molecule has 0 unspecified atom stereocenters. The Balaban J connectivity index is 2.24. The van der Waals surface area contributed by atoms with Crippen LogP contribution in [-0.4, -0.2) is 34.7 Å². The first-order valence-corrected chi connectivity index (χ1v) is 4.90. The molecule has 0 fully saturated rings. The highest BCUT2D eigenvalue weighted by atomic mass is 16.5. The summed E-state index contributed by atoms with van der Waals surface area (Å²) in [4.78, 5) is 12.3. The smallest absolute Gasteiger partial charge is 0.303 e. The molecule has 1 N–H and O–H groups in total. The van der Waals surface area contributed by atoms with Gasteiger partial charge in [-0.1, -0.05) is 5.16 Å². The van der Waals surface area contributed by atoms with Gasteiger partial charge in [0, 0.05) is 19.0 Å². The van der Waals surface area contributed by atoms with Gasteiger partial charge in [-0.3, -0.25) is 4.79 Å². The van der Waals surface area contributed by atoms with E-state index in [1.54, 1.807) is 0 Å². The number of rotatable bonds is 6. The average Bonchev–Trinajstić information content (AvgIpc) is 2.50. The summed E-state index contributed by atoms with van der Waals surface area (Å²) in [6.07, 6.45) is 0.866. The molecule has 15 heavy (non-hydrogen) atoms. The fourth-order valence-electron chi connectivity index (χ4n) is 1.35. The minimum absolute atomic E-state index is 0.210. The van der Waals surface area contributed by atoms with E-state index >= 15 is 0 Å². The van der Waals surface area contributed by atoms with Crippen LogP contribution in [0.4, 0.5) is 0 Å². The molecule has 1 aromatic heterocycles. The van der Waals surface area contributed by atoms with Gasteiger partial charge in [0.1, 0.15) is 5.76 Å². The Kier molecular flexibility index (Phi) is 4.30. The molecule has 5 nitrogen and oxygen atoms in total. The highest BCUT2D eigenvalue weighted by Gasteiger charge is 2.05. The number of aliphatic carboxylic acids is 1. The summed E-state index contributed by atoms with van der Waals surface area (Å²) in [6, 6.07) is 1.88. The van der Waals surface area contributed by atoms with Crippen LogP contribution in [-0.2, 0) is 11.3 Å². The molecule has 0 bridgehead atoms. The van der Waals surface area contributed by atoms with Crippen molar-refractivity contribution >= 4 is 5.97 Å². The molecule has 0 saturated heterocycles. The summed E-state index contributed by atoms with van der Waals surface area (Å²) in [5, 5.41) is 12.3. The van der Waals surface area contributed by atoms with Gasteiger partial charge in [0.25, 0.3) is 0 Å². The van der Waals surface area contributed by atoms with Crippen LogP contribution < -0.4 is 0 Å². The number of hydrogen-bond donors (Lipinski definition) is 1. The zero-order chi connectivity index (χ0) is 11.3. The molecule has 0 aliphatic carbocycles. The largest absolute Gasteiger partial charge is 0.481 e. The SMILES string of the molecule is Cc1cc(CN(C)CCCC(=O)O)no1. The van der Waals surface area contributed by atoms with Gasteiger partial charge in [0.05, 0.1) is 5.69 Å². The van der Waals surface area contributed by atoms with Gasteiger partial charge < -0.3 is 14.5 Å². The van der Waals surface area contributed by atoms with E-state index in [9.17, 15) is 4.79 Å². The van der Waals surface area contributed by atoms with Crippen molar-refractivity contribution in [2.24, 2.45) is 0 Å². The Morgan fingerprint density at radius 3 is 2.93 bits per heavy atom. The first-order valence-electron chi connectivity index (χ1n) is 4.90. The maximum absolute atomic E-state index is 10.3. The Morgan fingerprint density at radius 1 is 1.67 bits per heavy atom. The summed E-state index contributed by atoms with van der Waals surface area (Å²) in [5.74, 6) is 0.0459. The third-order valence-electron chi connectivity index (χ3n) is 2.04. The lowest BCUT2D eigenvalue weighted by molar-refractivity contribution is -0.137. The normalized spacial score (nSPS) is 10.9. The van der Waals surface area contributed by atoms with Gasteiger partial charge in [-0.05, 0) is 26.9 Å². The van der Waals surface area contributed by atoms with E-state index in [1.165, 1.54) is 0 Å². The number of aryl methyl sites for hydroxylation is 1. The van der Waals surface area contributed by atoms with E-state index in [2.05, 4.69) is 5.16 Å². The Hall–Kier alpha value is -1.36. The summed E-state index contributed by atoms with van der Waals surface area (Å²) in [5.41, 5.74) is 0.880. The maximum Gasteiger partial charge on any atom is 0.303 e. The van der Waals surface area contributed by atoms with Crippen LogP contribution in [0.25, 0.3) is 0 Å². The highest BCUT2D eigenvalue weighted by Crippen LogP contribution is 2.05. The van der Waals surface area contributed by atoms with Crippen molar-refractivity contribution in [1.82, 2.24) is 10.1 Å². The second-order valence-corrected chi connectivity index (χ2v) is 3.66. The lowest BCUT2D eigenvalue weighted by Gasteiger charge is -2.13. The number of carboxylic acid groups (broad SMARTS) is 1. The summed E-state index contributed by atoms with van der Waals surface area (Å²) < 4.78 is 4.94. The standard InChI is InChI=1S/C10H16N2O3/c1-8-6-9(11-15-8)7-12(2)5-3-4-10(13)14/h6H,3-5,7H2,1-2H3,(H,13,14). The molecule has 0 aromatic carbocycles. The lowest BCUT2D eigenvalue weighted by atomic mass is 10.3. The number of hydrogen-bond acceptors (Lipinski definition) is 4. The molecule has 84 valence electrons. The molecule has 1 rings (SSSR count). The monoisotopic (exact) mass is 212 g/mol. The van der Waals surface area contributed by atoms with Crippen LogP contribution in [0.15, 0.2) is 10.6 Å². The third-order valence-corrected chi connectivity index (χ3v) is 2.04. The first kappa shape index (κ1) is 11.7. The Morgan fingerprint density at radius 2 is 2.40 bits per heavy atom. The van der Waals surface area contributed by atoms with Crippen molar-refractivity contribution in [2.45, 2.75) is 26.3 Å². The minimum atomic E-state index is -0.749. The van der Waals surface area contributed by atoms with E-state index in [4.69, 9.17) is 9.63 Å². The molecule has 0 aliphatic rings. The molecule has 0 spiro atoms. The van der Waals surface area contributed by atoms with E-state index < -0.39 is 5.97 Å². The van der Waals surface area contributed by atoms with Gasteiger partial charge >= 0.3 is 5.97 Å². The summed E-state index contributed by atoms with van der Waals surface area (Å²) in [6.45, 7) is 3.29. The number of nitrogens with zero attached hydrogens (tertiary/aromatic N) is 2. The predicted molar refractivity (Wildman–Crippen MR) is 54.4 cm³/mol. The molecular weight excluding hydrogens is 196 g/mol. The van der Waals surface area contributed by atoms with E-state index in [-0.39, 0.29) is 6.42 Å². The van der Waals surface area contributed by atoms with Crippen molar-refractivity contribution in [3.05, 3.63) is 17.5 Å². The third kappa shape index (κ3) is 4.60. The van der Waals surface area contributed by atoms with E-state index in [1.807, 2.05) is 24.9 Å². The fraction of sp³-hybridized carbons (Fsp3) is 0.600. The van der Waals surface area contributed by atoms with Crippen molar-refractivity contribution in [2.75, 3.05) is 13.6 Å². The molecular formula is C10H16N2O3. The van der Waals surface area contributed by atoms with E-state index in [0.717, 1.165) is 18.0 Å². The number of carboxylic acids is 1. The molecule has 0 saturated carbocycles. The molecule has 0 amide bonds. The van der Waals surface area contributed by atoms with Crippen LogP contribution in [0.2, 0.25) is 0 Å². The molecule has 0 aliphatic heterocycles. The van der Waals surface area contributed by atoms with Crippen LogP contribution in [0.3, 0.4) is 0 Å². The maximum atomic E-state index is 10.3.